The summed E-state index contributed by atoms with van der Waals surface area (Å²) in [5.41, 5.74) is 0.835. The third-order valence-corrected chi connectivity index (χ3v) is 8.09. The van der Waals surface area contributed by atoms with E-state index in [1.54, 1.807) is 17.0 Å². The smallest absolute Gasteiger partial charge is 0.263 e. The molecule has 8 nitrogen and oxygen atoms in total. The van der Waals surface area contributed by atoms with Gasteiger partial charge in [-0.3, -0.25) is 9.59 Å². The van der Waals surface area contributed by atoms with Crippen molar-refractivity contribution in [2.45, 2.75) is 33.7 Å². The molecule has 1 aromatic heterocycles. The highest BCUT2D eigenvalue weighted by molar-refractivity contribution is 7.92. The number of carbonyl (C=O) groups excluding carboxylic acids is 2. The van der Waals surface area contributed by atoms with Gasteiger partial charge < -0.3 is 14.2 Å². The first-order valence-corrected chi connectivity index (χ1v) is 14.0. The summed E-state index contributed by atoms with van der Waals surface area (Å²) in [4.78, 5) is 31.2. The van der Waals surface area contributed by atoms with E-state index in [-0.39, 0.29) is 0 Å². The lowest BCUT2D eigenvalue weighted by molar-refractivity contribution is -0.131. The van der Waals surface area contributed by atoms with Gasteiger partial charge in [0.05, 0.1) is 16.8 Å². The number of amides is 2. The lowest BCUT2D eigenvalue weighted by atomic mass is 9.92. The third-order valence-electron chi connectivity index (χ3n) is 5.44. The number of halogens is 1. The van der Waals surface area contributed by atoms with E-state index in [2.05, 4.69) is 4.99 Å². The number of hydrogen-bond acceptors (Lipinski definition) is 6. The number of fused-ring (bicyclic) bond motifs is 1. The number of nitrogens with zero attached hydrogens (tertiary/aromatic N) is 3. The van der Waals surface area contributed by atoms with Crippen LogP contribution >= 0.6 is 22.9 Å². The molecule has 33 heavy (non-hydrogen) atoms. The molecule has 2 atom stereocenters. The summed E-state index contributed by atoms with van der Waals surface area (Å²) in [6, 6.07) is 5.36. The van der Waals surface area contributed by atoms with Gasteiger partial charge in [0.15, 0.2) is 14.6 Å². The molecule has 0 radical (unpaired) electrons. The van der Waals surface area contributed by atoms with Gasteiger partial charge in [0.25, 0.3) is 5.91 Å². The lowest BCUT2D eigenvalue weighted by Crippen LogP contribution is -2.45. The van der Waals surface area contributed by atoms with Crippen LogP contribution in [0.1, 0.15) is 27.2 Å². The fourth-order valence-corrected chi connectivity index (χ4v) is 6.62. The average molecular weight is 516 g/mol. The fraction of sp³-hybridized carbons (Fsp3) is 0.591. The third kappa shape index (κ3) is 7.11. The Morgan fingerprint density at radius 1 is 1.21 bits per heavy atom. The van der Waals surface area contributed by atoms with Gasteiger partial charge in [-0.25, -0.2) is 8.42 Å². The van der Waals surface area contributed by atoms with Gasteiger partial charge in [0.1, 0.15) is 11.5 Å². The Balaban J connectivity index is 1.77. The van der Waals surface area contributed by atoms with Crippen LogP contribution in [-0.4, -0.2) is 67.5 Å². The molecular weight excluding hydrogens is 486 g/mol. The van der Waals surface area contributed by atoms with Gasteiger partial charge in [0.2, 0.25) is 5.91 Å². The Labute approximate surface area is 203 Å². The zero-order valence-electron chi connectivity index (χ0n) is 19.1. The Bertz CT molecular complexity index is 1180. The second-order valence-corrected chi connectivity index (χ2v) is 12.1. The van der Waals surface area contributed by atoms with Crippen LogP contribution in [-0.2, 0) is 30.7 Å². The minimum absolute atomic E-state index is 0.325. The molecule has 2 unspecified atom stereocenters. The Morgan fingerprint density at radius 3 is 2.58 bits per heavy atom. The van der Waals surface area contributed by atoms with Crippen molar-refractivity contribution >= 4 is 54.8 Å². The van der Waals surface area contributed by atoms with Crippen molar-refractivity contribution in [2.24, 2.45) is 16.8 Å². The molecule has 2 heterocycles. The molecule has 1 aliphatic heterocycles. The van der Waals surface area contributed by atoms with E-state index >= 15 is 0 Å². The number of aromatic nitrogens is 1. The first-order valence-electron chi connectivity index (χ1n) is 11.0. The maximum atomic E-state index is 12.6. The molecule has 0 aliphatic carbocycles. The maximum absolute atomic E-state index is 12.6. The van der Waals surface area contributed by atoms with E-state index in [9.17, 15) is 18.0 Å². The van der Waals surface area contributed by atoms with Crippen LogP contribution in [0.3, 0.4) is 0 Å². The number of hydrogen-bond donors (Lipinski definition) is 0. The van der Waals surface area contributed by atoms with E-state index in [0.29, 0.717) is 54.5 Å². The highest BCUT2D eigenvalue weighted by Crippen LogP contribution is 2.22. The standard InChI is InChI=1S/C22H30ClN3O5S2/c1-4-31-8-7-26-18-6-5-17(23)10-19(18)32-22(26)24-20(27)13-33(29,30)14-21(28)25-11-15(2)9-16(3)12-25/h5-6,10,15-16H,4,7-9,11-14H2,1-3H3. The highest BCUT2D eigenvalue weighted by Gasteiger charge is 2.29. The summed E-state index contributed by atoms with van der Waals surface area (Å²) in [5.74, 6) is -2.09. The van der Waals surface area contributed by atoms with E-state index in [1.165, 1.54) is 11.3 Å². The summed E-state index contributed by atoms with van der Waals surface area (Å²) in [5, 5.41) is 0.557. The number of ether oxygens (including phenoxy) is 1. The molecule has 3 rings (SSSR count). The quantitative estimate of drug-likeness (QED) is 0.503. The molecular formula is C22H30ClN3O5S2. The molecule has 1 saturated heterocycles. The summed E-state index contributed by atoms with van der Waals surface area (Å²) < 4.78 is 33.3. The zero-order valence-corrected chi connectivity index (χ0v) is 21.5. The largest absolute Gasteiger partial charge is 0.380 e. The van der Waals surface area contributed by atoms with Crippen LogP contribution in [0.15, 0.2) is 23.2 Å². The van der Waals surface area contributed by atoms with Gasteiger partial charge >= 0.3 is 0 Å². The van der Waals surface area contributed by atoms with Crippen molar-refractivity contribution in [1.82, 2.24) is 9.47 Å². The summed E-state index contributed by atoms with van der Waals surface area (Å²) in [7, 11) is -3.94. The van der Waals surface area contributed by atoms with E-state index < -0.39 is 33.2 Å². The Kier molecular flexibility index (Phi) is 8.71. The van der Waals surface area contributed by atoms with Crippen LogP contribution in [0.25, 0.3) is 10.2 Å². The number of benzene rings is 1. The molecule has 0 N–H and O–H groups in total. The van der Waals surface area contributed by atoms with Crippen molar-refractivity contribution in [1.29, 1.82) is 0 Å². The van der Waals surface area contributed by atoms with Crippen molar-refractivity contribution in [3.8, 4) is 0 Å². The minimum Gasteiger partial charge on any atom is -0.380 e. The Hall–Kier alpha value is -1.75. The van der Waals surface area contributed by atoms with Gasteiger partial charge in [-0.15, -0.1) is 0 Å². The Morgan fingerprint density at radius 2 is 1.91 bits per heavy atom. The average Bonchev–Trinajstić information content (AvgIpc) is 3.02. The van der Waals surface area contributed by atoms with Gasteiger partial charge in [-0.05, 0) is 43.4 Å². The van der Waals surface area contributed by atoms with E-state index in [4.69, 9.17) is 16.3 Å². The number of carbonyl (C=O) groups is 2. The topological polar surface area (TPSA) is 98.0 Å². The summed E-state index contributed by atoms with van der Waals surface area (Å²) in [6.45, 7) is 8.51. The van der Waals surface area contributed by atoms with Crippen LogP contribution in [0.2, 0.25) is 5.02 Å². The predicted molar refractivity (Wildman–Crippen MR) is 130 cm³/mol. The molecule has 1 fully saturated rings. The first-order chi connectivity index (χ1) is 15.6. The van der Waals surface area contributed by atoms with Crippen molar-refractivity contribution in [2.75, 3.05) is 37.8 Å². The number of thiazole rings is 1. The van der Waals surface area contributed by atoms with E-state index in [0.717, 1.165) is 16.6 Å². The van der Waals surface area contributed by atoms with Crippen LogP contribution in [0, 0.1) is 11.8 Å². The number of likely N-dealkylation sites (tertiary alicyclic amines) is 1. The van der Waals surface area contributed by atoms with Crippen LogP contribution in [0.5, 0.6) is 0 Å². The normalized spacial score (nSPS) is 19.9. The molecule has 1 aliphatic rings. The minimum atomic E-state index is -3.94. The molecule has 1 aromatic carbocycles. The lowest BCUT2D eigenvalue weighted by Gasteiger charge is -2.34. The molecule has 182 valence electrons. The van der Waals surface area contributed by atoms with Crippen LogP contribution < -0.4 is 4.80 Å². The van der Waals surface area contributed by atoms with Gasteiger partial charge in [-0.2, -0.15) is 4.99 Å². The second-order valence-electron chi connectivity index (χ2n) is 8.63. The highest BCUT2D eigenvalue weighted by atomic mass is 35.5. The van der Waals surface area contributed by atoms with E-state index in [1.807, 2.05) is 31.4 Å². The molecule has 2 aromatic rings. The first kappa shape index (κ1) is 25.9. The monoisotopic (exact) mass is 515 g/mol. The number of sulfone groups is 1. The molecule has 11 heteroatoms. The number of piperidine rings is 1. The van der Waals surface area contributed by atoms with Crippen molar-refractivity contribution in [3.63, 3.8) is 0 Å². The van der Waals surface area contributed by atoms with Crippen molar-refractivity contribution in [3.05, 3.63) is 28.0 Å². The van der Waals surface area contributed by atoms with Gasteiger partial charge in [-0.1, -0.05) is 36.8 Å². The van der Waals surface area contributed by atoms with Gasteiger partial charge in [0, 0.05) is 31.3 Å². The van der Waals surface area contributed by atoms with Crippen LogP contribution in [0.4, 0.5) is 0 Å². The summed E-state index contributed by atoms with van der Waals surface area (Å²) >= 11 is 7.34. The molecule has 0 spiro atoms. The molecule has 2 amide bonds. The summed E-state index contributed by atoms with van der Waals surface area (Å²) in [6.07, 6.45) is 1.01. The molecule has 0 saturated carbocycles. The maximum Gasteiger partial charge on any atom is 0.263 e. The number of rotatable bonds is 8. The zero-order chi connectivity index (χ0) is 24.2. The predicted octanol–water partition coefficient (Wildman–Crippen LogP) is 2.74. The van der Waals surface area contributed by atoms with Crippen molar-refractivity contribution < 1.29 is 22.7 Å². The second kappa shape index (κ2) is 11.1. The fourth-order valence-electron chi connectivity index (χ4n) is 4.17. The SMILES string of the molecule is CCOCCn1c(=NC(=O)CS(=O)(=O)CC(=O)N2CC(C)CC(C)C2)sc2cc(Cl)ccc21. The molecule has 0 bridgehead atoms.